The Kier molecular flexibility index (Phi) is 8.61. The summed E-state index contributed by atoms with van der Waals surface area (Å²) in [7, 11) is 0. The monoisotopic (exact) mass is 695 g/mol. The molecular weight excluding hydrogens is 655 g/mol. The molecule has 0 aliphatic heterocycles. The van der Waals surface area contributed by atoms with Crippen molar-refractivity contribution in [2.75, 3.05) is 0 Å². The summed E-state index contributed by atoms with van der Waals surface area (Å²) in [6.07, 6.45) is 11.8. The fourth-order valence-electron chi connectivity index (χ4n) is 7.88. The van der Waals surface area contributed by atoms with E-state index in [0.29, 0.717) is 0 Å². The van der Waals surface area contributed by atoms with E-state index in [0.717, 1.165) is 45.6 Å². The van der Waals surface area contributed by atoms with Crippen LogP contribution in [0.1, 0.15) is 38.3 Å². The molecule has 9 aromatic rings. The highest BCUT2D eigenvalue weighted by Crippen LogP contribution is 2.36. The number of hydrogen-bond donors (Lipinski definition) is 0. The van der Waals surface area contributed by atoms with Crippen molar-refractivity contribution < 1.29 is 0 Å². The number of allylic oxidation sites excluding steroid dienone is 6. The van der Waals surface area contributed by atoms with E-state index < -0.39 is 0 Å². The third-order valence-corrected chi connectivity index (χ3v) is 10.7. The highest BCUT2D eigenvalue weighted by molar-refractivity contribution is 6.10. The minimum absolute atomic E-state index is 0.972. The van der Waals surface area contributed by atoms with Gasteiger partial charge in [0.25, 0.3) is 0 Å². The van der Waals surface area contributed by atoms with Crippen molar-refractivity contribution in [3.05, 3.63) is 199 Å². The first-order valence-electron chi connectivity index (χ1n) is 18.8. The van der Waals surface area contributed by atoms with Crippen LogP contribution in [0.3, 0.4) is 0 Å². The Morgan fingerprint density at radius 3 is 1.56 bits per heavy atom. The van der Waals surface area contributed by atoms with Gasteiger partial charge in [0.15, 0.2) is 0 Å². The number of nitrogens with zero attached hydrogens (tertiary/aromatic N) is 3. The highest BCUT2D eigenvalue weighted by atomic mass is 15.0. The number of para-hydroxylation sites is 4. The van der Waals surface area contributed by atoms with Crippen LogP contribution in [0.2, 0.25) is 0 Å². The van der Waals surface area contributed by atoms with Crippen molar-refractivity contribution >= 4 is 54.8 Å². The van der Waals surface area contributed by atoms with Gasteiger partial charge in [-0.15, -0.1) is 0 Å². The van der Waals surface area contributed by atoms with Crippen LogP contribution in [0.4, 0.5) is 0 Å². The Bertz CT molecular complexity index is 2840. The molecule has 3 aromatic heterocycles. The highest BCUT2D eigenvalue weighted by Gasteiger charge is 2.15. The second-order valence-electron chi connectivity index (χ2n) is 14.0. The van der Waals surface area contributed by atoms with E-state index in [1.807, 2.05) is 12.4 Å². The standard InChI is InChI=1S/C51H41N3/c1-4-35(3)28-39(29-36(5-2)37-16-14-18-42(31-37)53-48-24-10-6-20-44(48)45-21-7-11-25-49(45)53)41-30-40(33-52-34-41)38-17-15-19-43(32-38)54-50-26-12-8-22-46(50)47-23-9-13-27-51(47)54/h5-34H,4H2,1-3H3. The minimum Gasteiger partial charge on any atom is -0.309 e. The smallest absolute Gasteiger partial charge is 0.0541 e. The van der Waals surface area contributed by atoms with Crippen molar-refractivity contribution in [3.8, 4) is 22.5 Å². The fourth-order valence-corrected chi connectivity index (χ4v) is 7.88. The minimum atomic E-state index is 0.972. The van der Waals surface area contributed by atoms with E-state index in [1.165, 1.54) is 54.7 Å². The van der Waals surface area contributed by atoms with Gasteiger partial charge < -0.3 is 9.13 Å². The van der Waals surface area contributed by atoms with Crippen LogP contribution >= 0.6 is 0 Å². The van der Waals surface area contributed by atoms with Crippen molar-refractivity contribution in [2.45, 2.75) is 27.2 Å². The summed E-state index contributed by atoms with van der Waals surface area (Å²) < 4.78 is 4.75. The molecule has 0 unspecified atom stereocenters. The van der Waals surface area contributed by atoms with Gasteiger partial charge in [-0.25, -0.2) is 0 Å². The van der Waals surface area contributed by atoms with Crippen molar-refractivity contribution in [1.29, 1.82) is 0 Å². The average Bonchev–Trinajstić information content (AvgIpc) is 3.75. The number of benzene rings is 6. The van der Waals surface area contributed by atoms with Gasteiger partial charge in [0.2, 0.25) is 0 Å². The lowest BCUT2D eigenvalue weighted by atomic mass is 9.95. The van der Waals surface area contributed by atoms with E-state index in [2.05, 4.69) is 200 Å². The van der Waals surface area contributed by atoms with Crippen LogP contribution in [-0.4, -0.2) is 14.1 Å². The van der Waals surface area contributed by atoms with Gasteiger partial charge in [-0.1, -0.05) is 122 Å². The second-order valence-corrected chi connectivity index (χ2v) is 14.0. The molecule has 3 nitrogen and oxygen atoms in total. The van der Waals surface area contributed by atoms with Crippen LogP contribution in [-0.2, 0) is 0 Å². The maximum atomic E-state index is 4.82. The van der Waals surface area contributed by atoms with Crippen LogP contribution in [0.25, 0.3) is 77.3 Å². The quantitative estimate of drug-likeness (QED) is 0.145. The van der Waals surface area contributed by atoms with Gasteiger partial charge in [-0.3, -0.25) is 4.98 Å². The first-order valence-corrected chi connectivity index (χ1v) is 18.8. The lowest BCUT2D eigenvalue weighted by Crippen LogP contribution is -1.95. The molecular formula is C51H41N3. The predicted octanol–water partition coefficient (Wildman–Crippen LogP) is 13.8. The first kappa shape index (κ1) is 33.1. The van der Waals surface area contributed by atoms with Crippen molar-refractivity contribution in [2.24, 2.45) is 0 Å². The van der Waals surface area contributed by atoms with Gasteiger partial charge in [0.05, 0.1) is 22.1 Å². The van der Waals surface area contributed by atoms with Gasteiger partial charge in [0.1, 0.15) is 0 Å². The van der Waals surface area contributed by atoms with E-state index in [4.69, 9.17) is 4.98 Å². The zero-order chi connectivity index (χ0) is 36.6. The van der Waals surface area contributed by atoms with E-state index in [1.54, 1.807) is 0 Å². The maximum Gasteiger partial charge on any atom is 0.0541 e. The lowest BCUT2D eigenvalue weighted by Gasteiger charge is -2.13. The topological polar surface area (TPSA) is 22.8 Å². The van der Waals surface area contributed by atoms with Crippen LogP contribution in [0.15, 0.2) is 188 Å². The summed E-state index contributed by atoms with van der Waals surface area (Å²) in [6, 6.07) is 54.7. The van der Waals surface area contributed by atoms with Gasteiger partial charge in [-0.2, -0.15) is 0 Å². The molecule has 0 fully saturated rings. The third kappa shape index (κ3) is 5.84. The molecule has 3 heteroatoms. The fraction of sp³-hybridized carbons (Fsp3) is 0.0784. The Labute approximate surface area is 316 Å². The first-order chi connectivity index (χ1) is 26.6. The van der Waals surface area contributed by atoms with Crippen LogP contribution in [0.5, 0.6) is 0 Å². The Balaban J connectivity index is 1.12. The van der Waals surface area contributed by atoms with Crippen molar-refractivity contribution in [1.82, 2.24) is 14.1 Å². The molecule has 0 N–H and O–H groups in total. The molecule has 260 valence electrons. The number of aromatic nitrogens is 3. The molecule has 6 aromatic carbocycles. The zero-order valence-electron chi connectivity index (χ0n) is 30.9. The number of fused-ring (bicyclic) bond motifs is 6. The molecule has 0 aliphatic rings. The molecule has 0 atom stereocenters. The van der Waals surface area contributed by atoms with Crippen LogP contribution < -0.4 is 0 Å². The summed E-state index contributed by atoms with van der Waals surface area (Å²) in [5.41, 5.74) is 15.2. The summed E-state index contributed by atoms with van der Waals surface area (Å²) in [6.45, 7) is 6.55. The van der Waals surface area contributed by atoms with E-state index in [9.17, 15) is 0 Å². The largest absolute Gasteiger partial charge is 0.309 e. The molecule has 0 saturated heterocycles. The molecule has 3 heterocycles. The molecule has 0 aliphatic carbocycles. The normalized spacial score (nSPS) is 12.8. The molecule has 0 spiro atoms. The predicted molar refractivity (Wildman–Crippen MR) is 230 cm³/mol. The number of hydrogen-bond acceptors (Lipinski definition) is 1. The maximum absolute atomic E-state index is 4.82. The van der Waals surface area contributed by atoms with Crippen molar-refractivity contribution in [3.63, 3.8) is 0 Å². The lowest BCUT2D eigenvalue weighted by molar-refractivity contribution is 1.10. The van der Waals surface area contributed by atoms with Crippen LogP contribution in [0, 0.1) is 0 Å². The molecule has 0 radical (unpaired) electrons. The molecule has 0 saturated carbocycles. The van der Waals surface area contributed by atoms with Gasteiger partial charge in [-0.05, 0) is 103 Å². The summed E-state index contributed by atoms with van der Waals surface area (Å²) >= 11 is 0. The summed E-state index contributed by atoms with van der Waals surface area (Å²) in [4.78, 5) is 4.82. The number of pyridine rings is 1. The molecule has 54 heavy (non-hydrogen) atoms. The van der Waals surface area contributed by atoms with Gasteiger partial charge in [0, 0.05) is 56.4 Å². The second kappa shape index (κ2) is 14.0. The Morgan fingerprint density at radius 2 is 1.02 bits per heavy atom. The molecule has 0 bridgehead atoms. The molecule has 0 amide bonds. The van der Waals surface area contributed by atoms with Gasteiger partial charge >= 0.3 is 0 Å². The third-order valence-electron chi connectivity index (χ3n) is 10.7. The number of rotatable bonds is 8. The SMILES string of the molecule is CC=C(C=C(C=C(C)CC)c1cncc(-c2cccc(-n3c4ccccc4c4ccccc43)c2)c1)c1cccc(-n2c3ccccc3c3ccccc32)c1. The zero-order valence-corrected chi connectivity index (χ0v) is 30.9. The van der Waals surface area contributed by atoms with E-state index in [-0.39, 0.29) is 0 Å². The summed E-state index contributed by atoms with van der Waals surface area (Å²) in [5, 5.41) is 5.05. The average molecular weight is 696 g/mol. The Hall–Kier alpha value is -6.71. The van der Waals surface area contributed by atoms with E-state index >= 15 is 0 Å². The molecule has 9 rings (SSSR count). The Morgan fingerprint density at radius 1 is 0.500 bits per heavy atom. The summed E-state index contributed by atoms with van der Waals surface area (Å²) in [5.74, 6) is 0.